The number of hydrogen-bond donors (Lipinski definition) is 0. The second-order valence-electron chi connectivity index (χ2n) is 4.09. The van der Waals surface area contributed by atoms with E-state index in [2.05, 4.69) is 6.58 Å². The molecular formula is C9H24O6Si3. The predicted octanol–water partition coefficient (Wildman–Crippen LogP) is 1.54. The van der Waals surface area contributed by atoms with E-state index in [1.165, 1.54) is 14.2 Å². The van der Waals surface area contributed by atoms with Gasteiger partial charge in [0.2, 0.25) is 0 Å². The molecule has 0 unspecified atom stereocenters. The normalized spacial score (nSPS) is 13.7. The highest BCUT2D eigenvalue weighted by atomic mass is 28.5. The molecule has 0 aromatic rings. The van der Waals surface area contributed by atoms with Crippen LogP contribution < -0.4 is 0 Å². The summed E-state index contributed by atoms with van der Waals surface area (Å²) in [6.45, 7) is 9.28. The fourth-order valence-corrected chi connectivity index (χ4v) is 10.5. The average Bonchev–Trinajstić information content (AvgIpc) is 2.35. The highest BCUT2D eigenvalue weighted by Crippen LogP contribution is 2.22. The lowest BCUT2D eigenvalue weighted by atomic mass is 11.3. The molecule has 0 rings (SSSR count). The number of hydrogen-bond acceptors (Lipinski definition) is 6. The average molecular weight is 313 g/mol. The van der Waals surface area contributed by atoms with Crippen LogP contribution in [0.3, 0.4) is 0 Å². The SMILES string of the molecule is C=C[Si](OC)(OC)O[Si](C)(C)O[Si](C)(OC)OC. The Hall–Kier alpha value is 0.151. The Labute approximate surface area is 113 Å². The monoisotopic (exact) mass is 312 g/mol. The van der Waals surface area contributed by atoms with E-state index >= 15 is 0 Å². The van der Waals surface area contributed by atoms with Gasteiger partial charge in [0.25, 0.3) is 0 Å². The van der Waals surface area contributed by atoms with E-state index in [1.54, 1.807) is 19.9 Å². The van der Waals surface area contributed by atoms with Crippen LogP contribution in [0.15, 0.2) is 12.3 Å². The van der Waals surface area contributed by atoms with Crippen molar-refractivity contribution in [1.82, 2.24) is 0 Å². The van der Waals surface area contributed by atoms with E-state index in [-0.39, 0.29) is 0 Å². The minimum Gasteiger partial charge on any atom is -0.394 e. The Morgan fingerprint density at radius 2 is 1.22 bits per heavy atom. The van der Waals surface area contributed by atoms with Gasteiger partial charge in [0.15, 0.2) is 0 Å². The van der Waals surface area contributed by atoms with Crippen molar-refractivity contribution in [2.24, 2.45) is 0 Å². The van der Waals surface area contributed by atoms with Gasteiger partial charge in [0.05, 0.1) is 0 Å². The van der Waals surface area contributed by atoms with Crippen LogP contribution in [-0.2, 0) is 25.9 Å². The van der Waals surface area contributed by atoms with E-state index in [0.717, 1.165) is 0 Å². The van der Waals surface area contributed by atoms with Crippen molar-refractivity contribution in [3.63, 3.8) is 0 Å². The molecule has 0 bridgehead atoms. The van der Waals surface area contributed by atoms with Crippen molar-refractivity contribution < 1.29 is 25.9 Å². The topological polar surface area (TPSA) is 55.4 Å². The van der Waals surface area contributed by atoms with E-state index in [0.29, 0.717) is 0 Å². The fourth-order valence-electron chi connectivity index (χ4n) is 1.35. The zero-order valence-corrected chi connectivity index (χ0v) is 15.2. The van der Waals surface area contributed by atoms with Gasteiger partial charge in [-0.25, -0.2) is 0 Å². The Morgan fingerprint density at radius 1 is 0.778 bits per heavy atom. The largest absolute Gasteiger partial charge is 0.519 e. The molecule has 0 amide bonds. The summed E-state index contributed by atoms with van der Waals surface area (Å²) < 4.78 is 33.1. The number of rotatable bonds is 9. The van der Waals surface area contributed by atoms with E-state index < -0.39 is 26.2 Å². The van der Waals surface area contributed by atoms with Gasteiger partial charge in [0.1, 0.15) is 0 Å². The summed E-state index contributed by atoms with van der Waals surface area (Å²) in [7, 11) is -1.86. The predicted molar refractivity (Wildman–Crippen MR) is 75.3 cm³/mol. The van der Waals surface area contributed by atoms with Gasteiger partial charge < -0.3 is 25.9 Å². The van der Waals surface area contributed by atoms with Crippen LogP contribution in [0, 0.1) is 0 Å². The van der Waals surface area contributed by atoms with E-state index in [1.807, 2.05) is 19.6 Å². The second-order valence-corrected chi connectivity index (χ2v) is 13.5. The van der Waals surface area contributed by atoms with Crippen LogP contribution >= 0.6 is 0 Å². The first-order valence-electron chi connectivity index (χ1n) is 5.46. The van der Waals surface area contributed by atoms with Gasteiger partial charge in [-0.3, -0.25) is 0 Å². The van der Waals surface area contributed by atoms with Crippen molar-refractivity contribution in [2.45, 2.75) is 19.6 Å². The molecule has 0 aromatic carbocycles. The van der Waals surface area contributed by atoms with Gasteiger partial charge in [-0.05, 0) is 18.8 Å². The Balaban J connectivity index is 4.88. The summed E-state index contributed by atoms with van der Waals surface area (Å²) in [6.07, 6.45) is 0. The molecule has 108 valence electrons. The molecule has 0 radical (unpaired) electrons. The Morgan fingerprint density at radius 3 is 1.50 bits per heavy atom. The van der Waals surface area contributed by atoms with Crippen LogP contribution in [-0.4, -0.2) is 54.6 Å². The first-order chi connectivity index (χ1) is 8.22. The first-order valence-corrected chi connectivity index (χ1v) is 12.3. The van der Waals surface area contributed by atoms with Crippen LogP contribution in [0.4, 0.5) is 0 Å². The molecule has 0 aliphatic rings. The molecule has 0 N–H and O–H groups in total. The molecule has 0 aliphatic carbocycles. The molecule has 0 spiro atoms. The zero-order valence-electron chi connectivity index (χ0n) is 12.2. The Bertz CT molecular complexity index is 265. The minimum absolute atomic E-state index is 1.53. The summed E-state index contributed by atoms with van der Waals surface area (Å²) in [5.41, 5.74) is 1.57. The van der Waals surface area contributed by atoms with Crippen LogP contribution in [0.2, 0.25) is 19.6 Å². The summed E-state index contributed by atoms with van der Waals surface area (Å²) in [4.78, 5) is 0. The summed E-state index contributed by atoms with van der Waals surface area (Å²) >= 11 is 0. The maximum Gasteiger partial charge on any atom is 0.519 e. The van der Waals surface area contributed by atoms with Gasteiger partial charge in [-0.2, -0.15) is 0 Å². The molecule has 0 saturated heterocycles. The van der Waals surface area contributed by atoms with Gasteiger partial charge >= 0.3 is 26.2 Å². The lowest BCUT2D eigenvalue weighted by Gasteiger charge is -2.36. The zero-order chi connectivity index (χ0) is 14.4. The molecule has 18 heavy (non-hydrogen) atoms. The standard InChI is InChI=1S/C9H24O6Si3/c1-9-18(12-4,13-5)15-16(6,7)14-17(8,10-2)11-3/h9H,1H2,2-8H3. The van der Waals surface area contributed by atoms with Crippen LogP contribution in [0.25, 0.3) is 0 Å². The Kier molecular flexibility index (Phi) is 7.13. The van der Waals surface area contributed by atoms with Gasteiger partial charge in [0, 0.05) is 35.0 Å². The van der Waals surface area contributed by atoms with Crippen molar-refractivity contribution in [1.29, 1.82) is 0 Å². The quantitative estimate of drug-likeness (QED) is 0.602. The highest BCUT2D eigenvalue weighted by molar-refractivity contribution is 6.83. The molecule has 0 aliphatic heterocycles. The smallest absolute Gasteiger partial charge is 0.394 e. The maximum absolute atomic E-state index is 5.94. The van der Waals surface area contributed by atoms with E-state index in [9.17, 15) is 0 Å². The van der Waals surface area contributed by atoms with Crippen LogP contribution in [0.5, 0.6) is 0 Å². The molecule has 0 heterocycles. The van der Waals surface area contributed by atoms with Gasteiger partial charge in [-0.15, -0.1) is 0 Å². The maximum atomic E-state index is 5.94. The van der Waals surface area contributed by atoms with Crippen molar-refractivity contribution >= 4 is 26.2 Å². The molecule has 6 nitrogen and oxygen atoms in total. The molecule has 9 heteroatoms. The molecule has 0 saturated carbocycles. The minimum atomic E-state index is -2.87. The van der Waals surface area contributed by atoms with Crippen molar-refractivity contribution in [3.8, 4) is 0 Å². The third-order valence-corrected chi connectivity index (χ3v) is 12.1. The van der Waals surface area contributed by atoms with Crippen LogP contribution in [0.1, 0.15) is 0 Å². The third-order valence-electron chi connectivity index (χ3n) is 2.38. The van der Waals surface area contributed by atoms with Gasteiger partial charge in [-0.1, -0.05) is 6.58 Å². The lowest BCUT2D eigenvalue weighted by Crippen LogP contribution is -2.58. The summed E-state index contributed by atoms with van der Waals surface area (Å²) in [5, 5.41) is 0. The molecule has 0 aromatic heterocycles. The highest BCUT2D eigenvalue weighted by Gasteiger charge is 2.48. The van der Waals surface area contributed by atoms with E-state index in [4.69, 9.17) is 25.9 Å². The molecular weight excluding hydrogens is 288 g/mol. The van der Waals surface area contributed by atoms with Crippen molar-refractivity contribution in [2.75, 3.05) is 28.4 Å². The first kappa shape index (κ1) is 18.2. The summed E-state index contributed by atoms with van der Waals surface area (Å²) in [6, 6.07) is 0. The summed E-state index contributed by atoms with van der Waals surface area (Å²) in [5.74, 6) is 0. The fraction of sp³-hybridized carbons (Fsp3) is 0.778. The van der Waals surface area contributed by atoms with Crippen molar-refractivity contribution in [3.05, 3.63) is 12.3 Å². The third kappa shape index (κ3) is 5.03. The molecule has 0 atom stereocenters. The molecule has 0 fully saturated rings. The second kappa shape index (κ2) is 7.07. The lowest BCUT2D eigenvalue weighted by molar-refractivity contribution is 0.127.